The molecule has 0 aliphatic heterocycles. The van der Waals surface area contributed by atoms with E-state index in [0.717, 1.165) is 10.4 Å². The van der Waals surface area contributed by atoms with Crippen molar-refractivity contribution in [3.05, 3.63) is 50.8 Å². The predicted molar refractivity (Wildman–Crippen MR) is 70.7 cm³/mol. The minimum Gasteiger partial charge on any atom is -0.337 e. The molecule has 0 aliphatic rings. The molecule has 0 unspecified atom stereocenters. The van der Waals surface area contributed by atoms with Gasteiger partial charge < -0.3 is 9.88 Å². The summed E-state index contributed by atoms with van der Waals surface area (Å²) in [4.78, 5) is 27.5. The highest BCUT2D eigenvalue weighted by Crippen LogP contribution is 1.95. The molecule has 0 atom stereocenters. The van der Waals surface area contributed by atoms with Gasteiger partial charge >= 0.3 is 5.69 Å². The summed E-state index contributed by atoms with van der Waals surface area (Å²) < 4.78 is 4.46. The average Bonchev–Trinajstić information content (AvgIpc) is 2.79. The van der Waals surface area contributed by atoms with Crippen LogP contribution >= 0.6 is 0 Å². The Balaban J connectivity index is 2.11. The zero-order valence-corrected chi connectivity index (χ0v) is 11.3. The topological polar surface area (TPSA) is 73.8 Å². The van der Waals surface area contributed by atoms with Crippen LogP contribution < -0.4 is 16.6 Å². The Morgan fingerprint density at radius 2 is 1.89 bits per heavy atom. The zero-order valence-electron chi connectivity index (χ0n) is 11.3. The molecule has 0 spiro atoms. The Kier molecular flexibility index (Phi) is 3.66. The highest BCUT2D eigenvalue weighted by molar-refractivity contribution is 5.02. The third kappa shape index (κ3) is 2.65. The first-order valence-electron chi connectivity index (χ1n) is 5.93. The van der Waals surface area contributed by atoms with Crippen molar-refractivity contribution in [2.75, 3.05) is 0 Å². The summed E-state index contributed by atoms with van der Waals surface area (Å²) in [5.74, 6) is 0.897. The predicted octanol–water partition coefficient (Wildman–Crippen LogP) is -0.893. The van der Waals surface area contributed by atoms with Crippen LogP contribution in [0.1, 0.15) is 11.5 Å². The van der Waals surface area contributed by atoms with E-state index in [2.05, 4.69) is 10.3 Å². The Morgan fingerprint density at radius 3 is 2.53 bits per heavy atom. The van der Waals surface area contributed by atoms with Gasteiger partial charge in [-0.3, -0.25) is 13.9 Å². The number of imidazole rings is 1. The number of hydrogen-bond acceptors (Lipinski definition) is 4. The summed E-state index contributed by atoms with van der Waals surface area (Å²) >= 11 is 0. The number of hydrogen-bond donors (Lipinski definition) is 1. The lowest BCUT2D eigenvalue weighted by atomic mass is 10.3. The number of aryl methyl sites for hydroxylation is 1. The van der Waals surface area contributed by atoms with Crippen molar-refractivity contribution in [2.45, 2.75) is 13.1 Å². The molecule has 0 saturated heterocycles. The molecule has 1 N–H and O–H groups in total. The fraction of sp³-hybridized carbons (Fsp3) is 0.417. The van der Waals surface area contributed by atoms with Crippen LogP contribution in [0.4, 0.5) is 0 Å². The molecular formula is C12H17N5O2. The van der Waals surface area contributed by atoms with E-state index in [-0.39, 0.29) is 11.2 Å². The van der Waals surface area contributed by atoms with Crippen LogP contribution in [0.3, 0.4) is 0 Å². The van der Waals surface area contributed by atoms with Gasteiger partial charge in [-0.2, -0.15) is 0 Å². The molecule has 0 bridgehead atoms. The Hall–Kier alpha value is -2.15. The maximum Gasteiger partial charge on any atom is 0.330 e. The van der Waals surface area contributed by atoms with E-state index in [1.54, 1.807) is 13.2 Å². The minimum atomic E-state index is -0.318. The van der Waals surface area contributed by atoms with Crippen LogP contribution in [-0.4, -0.2) is 18.7 Å². The maximum absolute atomic E-state index is 11.7. The Bertz CT molecular complexity index is 695. The maximum atomic E-state index is 11.7. The van der Waals surface area contributed by atoms with Crippen molar-refractivity contribution in [3.8, 4) is 0 Å². The first-order valence-corrected chi connectivity index (χ1v) is 5.93. The Morgan fingerprint density at radius 1 is 1.16 bits per heavy atom. The normalized spacial score (nSPS) is 10.9. The summed E-state index contributed by atoms with van der Waals surface area (Å²) in [6, 6.07) is 1.47. The molecule has 2 rings (SSSR count). The molecule has 102 valence electrons. The van der Waals surface area contributed by atoms with Gasteiger partial charge in [-0.25, -0.2) is 9.78 Å². The molecular weight excluding hydrogens is 246 g/mol. The van der Waals surface area contributed by atoms with Crippen LogP contribution in [0, 0.1) is 0 Å². The van der Waals surface area contributed by atoms with E-state index in [0.29, 0.717) is 18.8 Å². The zero-order chi connectivity index (χ0) is 14.0. The third-order valence-electron chi connectivity index (χ3n) is 3.14. The van der Waals surface area contributed by atoms with Crippen molar-refractivity contribution in [3.63, 3.8) is 0 Å². The van der Waals surface area contributed by atoms with Crippen LogP contribution in [0.15, 0.2) is 28.0 Å². The summed E-state index contributed by atoms with van der Waals surface area (Å²) in [6.45, 7) is 1.02. The lowest BCUT2D eigenvalue weighted by molar-refractivity contribution is 0.583. The number of rotatable bonds is 4. The SMILES string of the molecule is Cn1ccnc1CNCc1cc(=O)n(C)c(=O)n1C. The van der Waals surface area contributed by atoms with E-state index in [4.69, 9.17) is 0 Å². The second kappa shape index (κ2) is 5.23. The lowest BCUT2D eigenvalue weighted by Crippen LogP contribution is -2.39. The van der Waals surface area contributed by atoms with Crippen LogP contribution in [0.5, 0.6) is 0 Å². The van der Waals surface area contributed by atoms with Gasteiger partial charge in [-0.15, -0.1) is 0 Å². The largest absolute Gasteiger partial charge is 0.337 e. The van der Waals surface area contributed by atoms with Crippen molar-refractivity contribution in [1.29, 1.82) is 0 Å². The molecule has 2 aromatic rings. The van der Waals surface area contributed by atoms with Crippen LogP contribution in [0.25, 0.3) is 0 Å². The minimum absolute atomic E-state index is 0.295. The molecule has 19 heavy (non-hydrogen) atoms. The van der Waals surface area contributed by atoms with Crippen molar-refractivity contribution in [2.24, 2.45) is 21.1 Å². The molecule has 0 amide bonds. The molecule has 0 fully saturated rings. The second-order valence-corrected chi connectivity index (χ2v) is 4.43. The molecule has 7 nitrogen and oxygen atoms in total. The summed E-state index contributed by atoms with van der Waals surface area (Å²) in [5, 5.41) is 3.17. The molecule has 0 saturated carbocycles. The van der Waals surface area contributed by atoms with Gasteiger partial charge in [0.25, 0.3) is 5.56 Å². The van der Waals surface area contributed by atoms with Gasteiger partial charge in [-0.1, -0.05) is 0 Å². The first-order chi connectivity index (χ1) is 9.00. The lowest BCUT2D eigenvalue weighted by Gasteiger charge is -2.10. The van der Waals surface area contributed by atoms with Crippen molar-refractivity contribution < 1.29 is 0 Å². The van der Waals surface area contributed by atoms with Gasteiger partial charge in [0.05, 0.1) is 6.54 Å². The van der Waals surface area contributed by atoms with Crippen LogP contribution in [-0.2, 0) is 34.2 Å². The van der Waals surface area contributed by atoms with E-state index in [1.807, 2.05) is 17.8 Å². The van der Waals surface area contributed by atoms with Crippen LogP contribution in [0.2, 0.25) is 0 Å². The fourth-order valence-corrected chi connectivity index (χ4v) is 1.82. The van der Waals surface area contributed by atoms with Gasteiger partial charge in [0.1, 0.15) is 5.82 Å². The van der Waals surface area contributed by atoms with Gasteiger partial charge in [0.2, 0.25) is 0 Å². The molecule has 0 aliphatic carbocycles. The number of nitrogens with one attached hydrogen (secondary N) is 1. The fourth-order valence-electron chi connectivity index (χ4n) is 1.82. The molecule has 2 heterocycles. The number of aromatic nitrogens is 4. The summed E-state index contributed by atoms with van der Waals surface area (Å²) in [7, 11) is 5.04. The van der Waals surface area contributed by atoms with E-state index < -0.39 is 0 Å². The van der Waals surface area contributed by atoms with Crippen molar-refractivity contribution in [1.82, 2.24) is 24.0 Å². The highest BCUT2D eigenvalue weighted by Gasteiger charge is 2.06. The molecule has 0 aromatic carbocycles. The Labute approximate surface area is 110 Å². The van der Waals surface area contributed by atoms with Crippen molar-refractivity contribution >= 4 is 0 Å². The first kappa shape index (κ1) is 13.3. The average molecular weight is 263 g/mol. The van der Waals surface area contributed by atoms with Gasteiger partial charge in [-0.05, 0) is 0 Å². The van der Waals surface area contributed by atoms with Gasteiger partial charge in [0.15, 0.2) is 0 Å². The monoisotopic (exact) mass is 263 g/mol. The summed E-state index contributed by atoms with van der Waals surface area (Å²) in [5.41, 5.74) is 0.0421. The van der Waals surface area contributed by atoms with E-state index in [1.165, 1.54) is 17.7 Å². The van der Waals surface area contributed by atoms with Gasteiger partial charge in [0, 0.05) is 51.8 Å². The molecule has 0 radical (unpaired) electrons. The quantitative estimate of drug-likeness (QED) is 0.776. The van der Waals surface area contributed by atoms with E-state index >= 15 is 0 Å². The second-order valence-electron chi connectivity index (χ2n) is 4.43. The standard InChI is InChI=1S/C12H17N5O2/c1-15-5-4-14-10(15)8-13-7-9-6-11(18)17(3)12(19)16(9)2/h4-6,13H,7-8H2,1-3H3. The summed E-state index contributed by atoms with van der Waals surface area (Å²) in [6.07, 6.45) is 3.59. The van der Waals surface area contributed by atoms with E-state index in [9.17, 15) is 9.59 Å². The molecule has 2 aromatic heterocycles. The number of nitrogens with zero attached hydrogens (tertiary/aromatic N) is 4. The smallest absolute Gasteiger partial charge is 0.330 e. The highest BCUT2D eigenvalue weighted by atomic mass is 16.2. The molecule has 7 heteroatoms. The third-order valence-corrected chi connectivity index (χ3v) is 3.14.